The van der Waals surface area contributed by atoms with Gasteiger partial charge in [-0.05, 0) is 18.6 Å². The number of aromatic nitrogens is 1. The van der Waals surface area contributed by atoms with Crippen molar-refractivity contribution in [2.75, 3.05) is 7.05 Å². The van der Waals surface area contributed by atoms with E-state index in [0.717, 1.165) is 12.2 Å². The lowest BCUT2D eigenvalue weighted by atomic mass is 10.2. The first-order chi connectivity index (χ1) is 6.70. The normalized spacial score (nSPS) is 8.57. The Kier molecular flexibility index (Phi) is 6.46. The Labute approximate surface area is 87.3 Å². The predicted octanol–water partition coefficient (Wildman–Crippen LogP) is 3.07. The third-order valence-electron chi connectivity index (χ3n) is 1.79. The van der Waals surface area contributed by atoms with Gasteiger partial charge in [0.2, 0.25) is 0 Å². The van der Waals surface area contributed by atoms with Crippen molar-refractivity contribution in [2.24, 2.45) is 0 Å². The van der Waals surface area contributed by atoms with Gasteiger partial charge in [0.15, 0.2) is 0 Å². The molecule has 0 bridgehead atoms. The Hall–Kier alpha value is -1.31. The molecule has 0 unspecified atom stereocenters. The minimum Gasteiger partial charge on any atom is -0.374 e. The van der Waals surface area contributed by atoms with E-state index in [-0.39, 0.29) is 0 Å². The molecule has 1 aromatic heterocycles. The number of hydrogen-bond donors (Lipinski definition) is 0. The van der Waals surface area contributed by atoms with Crippen molar-refractivity contribution in [1.29, 1.82) is 0 Å². The fraction of sp³-hybridized carbons (Fsp3) is 0.417. The molecule has 2 heteroatoms. The third-order valence-corrected chi connectivity index (χ3v) is 1.79. The average molecular weight is 192 g/mol. The van der Waals surface area contributed by atoms with Crippen LogP contribution in [0.4, 0.5) is 0 Å². The van der Waals surface area contributed by atoms with Gasteiger partial charge in [-0.3, -0.25) is 4.98 Å². The number of hydrogen-bond acceptors (Lipinski definition) is 2. The fourth-order valence-corrected chi connectivity index (χ4v) is 0.900. The summed E-state index contributed by atoms with van der Waals surface area (Å²) in [5, 5.41) is 0. The first-order valence-electron chi connectivity index (χ1n) is 4.95. The van der Waals surface area contributed by atoms with Crippen LogP contribution in [0.5, 0.6) is 0 Å². The highest BCUT2D eigenvalue weighted by Gasteiger charge is 1.97. The molecule has 0 saturated carbocycles. The second kappa shape index (κ2) is 7.13. The Bertz CT molecular complexity index is 254. The molecular formula is C12H20N2. The van der Waals surface area contributed by atoms with Gasteiger partial charge in [-0.15, -0.1) is 0 Å². The first kappa shape index (κ1) is 12.7. The van der Waals surface area contributed by atoms with Gasteiger partial charge in [0.25, 0.3) is 0 Å². The van der Waals surface area contributed by atoms with Crippen LogP contribution in [-0.4, -0.2) is 16.9 Å². The summed E-state index contributed by atoms with van der Waals surface area (Å²) in [4.78, 5) is 6.13. The van der Waals surface area contributed by atoms with Crippen LogP contribution in [0.3, 0.4) is 0 Å². The van der Waals surface area contributed by atoms with Gasteiger partial charge in [0, 0.05) is 31.7 Å². The molecule has 0 aromatic carbocycles. The lowest BCUT2D eigenvalue weighted by Gasteiger charge is -2.18. The smallest absolute Gasteiger partial charge is 0.0438 e. The van der Waals surface area contributed by atoms with Crippen LogP contribution in [-0.2, 0) is 6.54 Å². The average Bonchev–Trinajstić information content (AvgIpc) is 2.22. The Morgan fingerprint density at radius 1 is 1.50 bits per heavy atom. The predicted molar refractivity (Wildman–Crippen MR) is 61.9 cm³/mol. The zero-order chi connectivity index (χ0) is 11.0. The summed E-state index contributed by atoms with van der Waals surface area (Å²) in [7, 11) is 2.02. The molecule has 0 aliphatic rings. The molecule has 0 fully saturated rings. The van der Waals surface area contributed by atoms with Crippen LogP contribution in [0.1, 0.15) is 26.3 Å². The maximum absolute atomic E-state index is 4.04. The van der Waals surface area contributed by atoms with Crippen molar-refractivity contribution in [2.45, 2.75) is 27.3 Å². The van der Waals surface area contributed by atoms with Crippen LogP contribution in [0.15, 0.2) is 36.8 Å². The highest BCUT2D eigenvalue weighted by atomic mass is 15.1. The number of allylic oxidation sites excluding steroid dienone is 1. The summed E-state index contributed by atoms with van der Waals surface area (Å²) in [5.41, 5.74) is 2.28. The summed E-state index contributed by atoms with van der Waals surface area (Å²) >= 11 is 0. The summed E-state index contributed by atoms with van der Waals surface area (Å²) in [6, 6.07) is 4.01. The summed E-state index contributed by atoms with van der Waals surface area (Å²) < 4.78 is 0. The molecular weight excluding hydrogens is 172 g/mol. The van der Waals surface area contributed by atoms with E-state index in [2.05, 4.69) is 22.5 Å². The summed E-state index contributed by atoms with van der Waals surface area (Å²) in [6.45, 7) is 10.7. The zero-order valence-electron chi connectivity index (χ0n) is 9.62. The van der Waals surface area contributed by atoms with Crippen molar-refractivity contribution in [3.8, 4) is 0 Å². The molecule has 0 amide bonds. The zero-order valence-corrected chi connectivity index (χ0v) is 9.62. The summed E-state index contributed by atoms with van der Waals surface area (Å²) in [5.74, 6) is 0. The third kappa shape index (κ3) is 4.65. The van der Waals surface area contributed by atoms with Crippen molar-refractivity contribution >= 4 is 0 Å². The van der Waals surface area contributed by atoms with E-state index in [9.17, 15) is 0 Å². The molecule has 0 aliphatic carbocycles. The number of rotatable bonds is 3. The van der Waals surface area contributed by atoms with Crippen LogP contribution in [0.2, 0.25) is 0 Å². The molecule has 1 aromatic rings. The van der Waals surface area contributed by atoms with Gasteiger partial charge in [-0.1, -0.05) is 26.5 Å². The largest absolute Gasteiger partial charge is 0.374 e. The van der Waals surface area contributed by atoms with E-state index in [1.165, 1.54) is 5.56 Å². The maximum atomic E-state index is 4.04. The molecule has 0 saturated heterocycles. The molecule has 1 heterocycles. The molecule has 78 valence electrons. The highest BCUT2D eigenvalue weighted by molar-refractivity contribution is 5.09. The van der Waals surface area contributed by atoms with Crippen molar-refractivity contribution < 1.29 is 0 Å². The van der Waals surface area contributed by atoms with Crippen molar-refractivity contribution in [3.05, 3.63) is 42.4 Å². The Morgan fingerprint density at radius 2 is 2.14 bits per heavy atom. The number of nitrogens with zero attached hydrogens (tertiary/aromatic N) is 2. The SMILES string of the molecule is C=C(C)N(C)Cc1cccnc1.CC. The second-order valence-electron chi connectivity index (χ2n) is 2.95. The molecule has 14 heavy (non-hydrogen) atoms. The van der Waals surface area contributed by atoms with Crippen LogP contribution in [0.25, 0.3) is 0 Å². The second-order valence-corrected chi connectivity index (χ2v) is 2.95. The minimum atomic E-state index is 0.878. The topological polar surface area (TPSA) is 16.1 Å². The van der Waals surface area contributed by atoms with E-state index >= 15 is 0 Å². The molecule has 0 spiro atoms. The lowest BCUT2D eigenvalue weighted by Crippen LogP contribution is -2.14. The van der Waals surface area contributed by atoms with Gasteiger partial charge in [0.1, 0.15) is 0 Å². The minimum absolute atomic E-state index is 0.878. The molecule has 0 aliphatic heterocycles. The molecule has 1 rings (SSSR count). The van der Waals surface area contributed by atoms with Crippen LogP contribution < -0.4 is 0 Å². The first-order valence-corrected chi connectivity index (χ1v) is 4.95. The van der Waals surface area contributed by atoms with E-state index in [0.29, 0.717) is 0 Å². The fourth-order valence-electron chi connectivity index (χ4n) is 0.900. The van der Waals surface area contributed by atoms with E-state index in [1.54, 1.807) is 6.20 Å². The molecule has 0 N–H and O–H groups in total. The van der Waals surface area contributed by atoms with Crippen molar-refractivity contribution in [3.63, 3.8) is 0 Å². The molecule has 0 radical (unpaired) electrons. The standard InChI is InChI=1S/C10H14N2.C2H6/c1-9(2)12(3)8-10-5-4-6-11-7-10;1-2/h4-7H,1,8H2,2-3H3;1-2H3. The van der Waals surface area contributed by atoms with Crippen molar-refractivity contribution in [1.82, 2.24) is 9.88 Å². The van der Waals surface area contributed by atoms with E-state index in [4.69, 9.17) is 0 Å². The number of pyridine rings is 1. The van der Waals surface area contributed by atoms with Gasteiger partial charge in [-0.2, -0.15) is 0 Å². The van der Waals surface area contributed by atoms with Crippen LogP contribution in [0, 0.1) is 0 Å². The molecule has 0 atom stereocenters. The maximum Gasteiger partial charge on any atom is 0.0438 e. The lowest BCUT2D eigenvalue weighted by molar-refractivity contribution is 0.413. The Morgan fingerprint density at radius 3 is 2.57 bits per heavy atom. The monoisotopic (exact) mass is 192 g/mol. The van der Waals surface area contributed by atoms with E-state index in [1.807, 2.05) is 40.1 Å². The summed E-state index contributed by atoms with van der Waals surface area (Å²) in [6.07, 6.45) is 3.66. The quantitative estimate of drug-likeness (QED) is 0.731. The van der Waals surface area contributed by atoms with Gasteiger partial charge >= 0.3 is 0 Å². The van der Waals surface area contributed by atoms with Gasteiger partial charge in [0.05, 0.1) is 0 Å². The van der Waals surface area contributed by atoms with Crippen LogP contribution >= 0.6 is 0 Å². The van der Waals surface area contributed by atoms with E-state index < -0.39 is 0 Å². The Balaban J connectivity index is 0.000000791. The van der Waals surface area contributed by atoms with Gasteiger partial charge < -0.3 is 4.90 Å². The molecule has 2 nitrogen and oxygen atoms in total. The highest BCUT2D eigenvalue weighted by Crippen LogP contribution is 2.04. The van der Waals surface area contributed by atoms with Gasteiger partial charge in [-0.25, -0.2) is 0 Å².